The second-order valence-corrected chi connectivity index (χ2v) is 11.0. The number of nitrogens with two attached hydrogens (primary N) is 1. The first-order chi connectivity index (χ1) is 16.7. The fourth-order valence-electron chi connectivity index (χ4n) is 2.93. The number of aliphatic hydroxyl groups is 2. The first-order valence-electron chi connectivity index (χ1n) is 9.78. The van der Waals surface area contributed by atoms with Gasteiger partial charge in [-0.05, 0) is 6.92 Å². The topological polar surface area (TPSA) is 299 Å². The van der Waals surface area contributed by atoms with E-state index in [0.29, 0.717) is 0 Å². The summed E-state index contributed by atoms with van der Waals surface area (Å²) >= 11 is 0. The standard InChI is InChI=1S/C13H18N5O14P3/c1-2-3-13(21)8(19)6(4-29-34(25,26)32-35(27,28)31-33(22,23)24)30-11(13)18-5-15-7-9(18)16-12(14)17-10(7)20/h5-6,8,11,19,21H,4H2,1H3,(H,25,26)(H,27,28)(H2,22,23,24)(H3,14,16,17,20)/t6-,8+,11-,13?/m1/s1/i4D2. The number of nitrogen functional groups attached to an aromatic ring is 1. The smallest absolute Gasteiger partial charge is 0.386 e. The number of ether oxygens (including phenoxy) is 1. The van der Waals surface area contributed by atoms with Crippen molar-refractivity contribution in [2.45, 2.75) is 31.0 Å². The second kappa shape index (κ2) is 9.47. The summed E-state index contributed by atoms with van der Waals surface area (Å²) in [5, 5.41) is 21.8. The number of hydrogen-bond donors (Lipinski definition) is 8. The highest BCUT2D eigenvalue weighted by Gasteiger charge is 2.57. The summed E-state index contributed by atoms with van der Waals surface area (Å²) in [6, 6.07) is 0. The van der Waals surface area contributed by atoms with Gasteiger partial charge in [0.25, 0.3) is 5.56 Å². The van der Waals surface area contributed by atoms with Crippen LogP contribution in [0.2, 0.25) is 0 Å². The molecule has 1 aliphatic heterocycles. The van der Waals surface area contributed by atoms with E-state index in [1.165, 1.54) is 6.92 Å². The van der Waals surface area contributed by atoms with E-state index < -0.39 is 59.6 Å². The molecule has 6 atom stereocenters. The number of aliphatic hydroxyl groups excluding tert-OH is 1. The largest absolute Gasteiger partial charge is 0.490 e. The molecule has 0 saturated carbocycles. The number of aromatic amines is 1. The Morgan fingerprint density at radius 3 is 2.57 bits per heavy atom. The predicted octanol–water partition coefficient (Wildman–Crippen LogP) is -1.94. The molecule has 1 aliphatic rings. The van der Waals surface area contributed by atoms with Crippen molar-refractivity contribution in [1.29, 1.82) is 0 Å². The molecule has 194 valence electrons. The van der Waals surface area contributed by atoms with E-state index in [1.807, 2.05) is 0 Å². The lowest BCUT2D eigenvalue weighted by atomic mass is 9.94. The fraction of sp³-hybridized carbons (Fsp3) is 0.462. The molecule has 2 aromatic rings. The minimum atomic E-state index is -6.05. The molecule has 3 heterocycles. The van der Waals surface area contributed by atoms with Crippen molar-refractivity contribution in [3.63, 3.8) is 0 Å². The van der Waals surface area contributed by atoms with Crippen LogP contribution in [0.25, 0.3) is 11.2 Å². The molecule has 22 heteroatoms. The lowest BCUT2D eigenvalue weighted by molar-refractivity contribution is -0.0718. The maximum absolute atomic E-state index is 12.1. The van der Waals surface area contributed by atoms with Gasteiger partial charge in [0.2, 0.25) is 5.95 Å². The summed E-state index contributed by atoms with van der Waals surface area (Å²) in [6.07, 6.45) is -5.79. The Morgan fingerprint density at radius 1 is 1.31 bits per heavy atom. The van der Waals surface area contributed by atoms with Crippen LogP contribution in [0.15, 0.2) is 11.1 Å². The molecule has 1 saturated heterocycles. The monoisotopic (exact) mass is 563 g/mol. The highest BCUT2D eigenvalue weighted by Crippen LogP contribution is 2.66. The van der Waals surface area contributed by atoms with Crippen molar-refractivity contribution in [3.05, 3.63) is 16.7 Å². The molecule has 3 rings (SSSR count). The summed E-state index contributed by atoms with van der Waals surface area (Å²) < 4.78 is 67.8. The average Bonchev–Trinajstić information content (AvgIpc) is 3.18. The van der Waals surface area contributed by atoms with E-state index in [1.54, 1.807) is 0 Å². The number of fused-ring (bicyclic) bond motifs is 1. The number of H-pyrrole nitrogens is 1. The summed E-state index contributed by atoms with van der Waals surface area (Å²) in [7, 11) is -17.8. The molecule has 1 fully saturated rings. The van der Waals surface area contributed by atoms with E-state index in [0.717, 1.165) is 10.9 Å². The zero-order valence-electron chi connectivity index (χ0n) is 19.0. The van der Waals surface area contributed by atoms with Crippen LogP contribution in [0.3, 0.4) is 0 Å². The van der Waals surface area contributed by atoms with E-state index >= 15 is 0 Å². The summed E-state index contributed by atoms with van der Waals surface area (Å²) in [5.74, 6) is 4.08. The van der Waals surface area contributed by atoms with Crippen molar-refractivity contribution in [1.82, 2.24) is 19.5 Å². The van der Waals surface area contributed by atoms with Crippen LogP contribution in [-0.2, 0) is 31.6 Å². The molecule has 9 N–H and O–H groups in total. The van der Waals surface area contributed by atoms with Crippen molar-refractivity contribution < 1.29 is 64.1 Å². The number of anilines is 1. The Kier molecular flexibility index (Phi) is 6.68. The molecule has 0 aliphatic carbocycles. The third-order valence-electron chi connectivity index (χ3n) is 4.12. The number of hydrogen-bond acceptors (Lipinski definition) is 13. The van der Waals surface area contributed by atoms with Crippen LogP contribution >= 0.6 is 23.5 Å². The summed E-state index contributed by atoms with van der Waals surface area (Å²) in [5.41, 5.74) is 1.40. The average molecular weight is 563 g/mol. The lowest BCUT2D eigenvalue weighted by Crippen LogP contribution is -2.46. The highest BCUT2D eigenvalue weighted by molar-refractivity contribution is 7.66. The number of phosphoric acid groups is 3. The third-order valence-corrected chi connectivity index (χ3v) is 7.78. The van der Waals surface area contributed by atoms with Crippen molar-refractivity contribution >= 4 is 40.6 Å². The molecule has 0 aromatic carbocycles. The van der Waals surface area contributed by atoms with E-state index in [2.05, 4.69) is 39.9 Å². The fourth-order valence-corrected chi connectivity index (χ4v) is 5.81. The van der Waals surface area contributed by atoms with Crippen LogP contribution in [0.1, 0.15) is 15.9 Å². The third kappa shape index (κ3) is 6.05. The molecule has 3 unspecified atom stereocenters. The first-order valence-corrected chi connectivity index (χ1v) is 13.3. The van der Waals surface area contributed by atoms with Crippen molar-refractivity contribution in [2.75, 3.05) is 12.3 Å². The minimum Gasteiger partial charge on any atom is -0.386 e. The Hall–Kier alpha value is -2.00. The molecule has 2 aromatic heterocycles. The van der Waals surface area contributed by atoms with E-state index in [9.17, 15) is 38.5 Å². The second-order valence-electron chi connectivity index (χ2n) is 6.63. The number of rotatable bonds is 8. The van der Waals surface area contributed by atoms with Gasteiger partial charge in [0.1, 0.15) is 12.2 Å². The summed E-state index contributed by atoms with van der Waals surface area (Å²) in [6.45, 7) is -2.42. The molecule has 0 spiro atoms. The van der Waals surface area contributed by atoms with Gasteiger partial charge in [0.05, 0.1) is 15.6 Å². The van der Waals surface area contributed by atoms with Crippen LogP contribution in [0, 0.1) is 11.8 Å². The number of nitrogens with one attached hydrogen (secondary N) is 1. The van der Waals surface area contributed by atoms with Gasteiger partial charge >= 0.3 is 23.5 Å². The Bertz CT molecular complexity index is 1480. The van der Waals surface area contributed by atoms with Crippen LogP contribution in [0.5, 0.6) is 0 Å². The van der Waals surface area contributed by atoms with Gasteiger partial charge in [-0.25, -0.2) is 18.7 Å². The van der Waals surface area contributed by atoms with Gasteiger partial charge in [0, 0.05) is 0 Å². The minimum absolute atomic E-state index is 0.302. The van der Waals surface area contributed by atoms with Crippen molar-refractivity contribution in [2.24, 2.45) is 0 Å². The van der Waals surface area contributed by atoms with Gasteiger partial charge in [-0.15, -0.1) is 5.92 Å². The predicted molar refractivity (Wildman–Crippen MR) is 111 cm³/mol. The molecule has 0 bridgehead atoms. The van der Waals surface area contributed by atoms with E-state index in [-0.39, 0.29) is 17.1 Å². The molecular formula is C13H18N5O14P3. The molecule has 19 nitrogen and oxygen atoms in total. The molecule has 35 heavy (non-hydrogen) atoms. The van der Waals surface area contributed by atoms with Crippen LogP contribution < -0.4 is 11.3 Å². The quantitative estimate of drug-likeness (QED) is 0.128. The normalized spacial score (nSPS) is 29.5. The number of phosphoric ester groups is 1. The van der Waals surface area contributed by atoms with Crippen molar-refractivity contribution in [3.8, 4) is 11.8 Å². The van der Waals surface area contributed by atoms with Gasteiger partial charge in [-0.3, -0.25) is 18.9 Å². The Balaban J connectivity index is 1.99. The molecule has 0 amide bonds. The zero-order chi connectivity index (χ0) is 28.2. The number of imidazole rings is 1. The first kappa shape index (κ1) is 24.7. The Morgan fingerprint density at radius 2 is 1.97 bits per heavy atom. The van der Waals surface area contributed by atoms with Crippen LogP contribution in [0.4, 0.5) is 5.95 Å². The van der Waals surface area contributed by atoms with Gasteiger partial charge in [0.15, 0.2) is 23.0 Å². The molecular weight excluding hydrogens is 543 g/mol. The highest BCUT2D eigenvalue weighted by atomic mass is 31.3. The molecule has 0 radical (unpaired) electrons. The lowest BCUT2D eigenvalue weighted by Gasteiger charge is -2.26. The van der Waals surface area contributed by atoms with E-state index in [4.69, 9.17) is 23.0 Å². The maximum atomic E-state index is 12.1. The van der Waals surface area contributed by atoms with Gasteiger partial charge in [-0.2, -0.15) is 13.6 Å². The maximum Gasteiger partial charge on any atom is 0.490 e. The summed E-state index contributed by atoms with van der Waals surface area (Å²) in [4.78, 5) is 58.0. The van der Waals surface area contributed by atoms with Crippen LogP contribution in [-0.4, -0.2) is 73.7 Å². The SMILES string of the molecule is [2H]C([2H])(OP(=O)(O)OP(=O)(O)OP(=O)(O)O)[C@H]1O[C@@H](n2cnc3c(=O)[nH]c(N)nc32)C(O)(C#CC)[C@H]1O. The van der Waals surface area contributed by atoms with Gasteiger partial charge < -0.3 is 40.3 Å². The Labute approximate surface area is 196 Å². The van der Waals surface area contributed by atoms with Gasteiger partial charge in [-0.1, -0.05) is 5.92 Å². The number of aromatic nitrogens is 4. The zero-order valence-corrected chi connectivity index (χ0v) is 19.7. The number of nitrogens with zero attached hydrogens (tertiary/aromatic N) is 3.